The Morgan fingerprint density at radius 2 is 1.88 bits per heavy atom. The molecule has 0 radical (unpaired) electrons. The quantitative estimate of drug-likeness (QED) is 0.694. The molecular formula is C19H16ClFN4O. The van der Waals surface area contributed by atoms with E-state index in [1.165, 1.54) is 18.2 Å². The van der Waals surface area contributed by atoms with Crippen molar-refractivity contribution in [1.82, 2.24) is 19.7 Å². The van der Waals surface area contributed by atoms with E-state index in [9.17, 15) is 9.18 Å². The third-order valence-electron chi connectivity index (χ3n) is 4.41. The molecule has 5 nitrogen and oxygen atoms in total. The molecule has 26 heavy (non-hydrogen) atoms. The summed E-state index contributed by atoms with van der Waals surface area (Å²) in [7, 11) is 0. The Bertz CT molecular complexity index is 932. The highest BCUT2D eigenvalue weighted by molar-refractivity contribution is 6.31. The molecule has 132 valence electrons. The average Bonchev–Trinajstić information content (AvgIpc) is 2.97. The number of carbonyl (C=O) groups excluding carboxylic acids is 1. The van der Waals surface area contributed by atoms with Crippen LogP contribution in [0.4, 0.5) is 4.39 Å². The topological polar surface area (TPSA) is 51.0 Å². The fourth-order valence-electron chi connectivity index (χ4n) is 3.04. The van der Waals surface area contributed by atoms with E-state index in [-0.39, 0.29) is 11.5 Å². The van der Waals surface area contributed by atoms with Crippen LogP contribution in [-0.2, 0) is 13.0 Å². The molecule has 0 N–H and O–H groups in total. The van der Waals surface area contributed by atoms with Gasteiger partial charge in [-0.25, -0.2) is 14.1 Å². The number of aromatic nitrogens is 3. The lowest BCUT2D eigenvalue weighted by molar-refractivity contribution is 0.0753. The maximum absolute atomic E-state index is 14.0. The first kappa shape index (κ1) is 16.7. The Hall–Kier alpha value is -2.73. The van der Waals surface area contributed by atoms with Crippen LogP contribution in [0.2, 0.25) is 5.02 Å². The Morgan fingerprint density at radius 3 is 2.69 bits per heavy atom. The molecule has 1 aromatic heterocycles. The molecule has 0 atom stereocenters. The third-order valence-corrected chi connectivity index (χ3v) is 4.65. The van der Waals surface area contributed by atoms with Crippen LogP contribution < -0.4 is 0 Å². The number of halogens is 2. The van der Waals surface area contributed by atoms with Crippen LogP contribution in [-0.4, -0.2) is 38.7 Å². The summed E-state index contributed by atoms with van der Waals surface area (Å²) in [6.45, 7) is 1.41. The summed E-state index contributed by atoms with van der Waals surface area (Å²) in [4.78, 5) is 18.9. The van der Waals surface area contributed by atoms with Gasteiger partial charge in [-0.05, 0) is 18.2 Å². The van der Waals surface area contributed by atoms with Crippen molar-refractivity contribution in [3.8, 4) is 11.4 Å². The van der Waals surface area contributed by atoms with Gasteiger partial charge in [-0.3, -0.25) is 4.79 Å². The van der Waals surface area contributed by atoms with Crippen molar-refractivity contribution in [3.63, 3.8) is 0 Å². The minimum atomic E-state index is -0.564. The Balaban J connectivity index is 1.53. The molecule has 2 heterocycles. The number of rotatable bonds is 2. The predicted molar refractivity (Wildman–Crippen MR) is 96.5 cm³/mol. The number of fused-ring (bicyclic) bond motifs is 1. The fraction of sp³-hybridized carbons (Fsp3) is 0.211. The molecule has 1 aliphatic heterocycles. The van der Waals surface area contributed by atoms with Gasteiger partial charge in [0.15, 0.2) is 5.82 Å². The molecule has 0 saturated heterocycles. The van der Waals surface area contributed by atoms with Gasteiger partial charge in [-0.1, -0.05) is 41.9 Å². The van der Waals surface area contributed by atoms with E-state index in [1.54, 1.807) is 4.90 Å². The lowest BCUT2D eigenvalue weighted by atomic mass is 10.2. The summed E-state index contributed by atoms with van der Waals surface area (Å²) in [5.41, 5.74) is 0.956. The number of amides is 1. The molecule has 2 aromatic carbocycles. The van der Waals surface area contributed by atoms with Gasteiger partial charge in [0.25, 0.3) is 5.91 Å². The van der Waals surface area contributed by atoms with Crippen molar-refractivity contribution >= 4 is 17.5 Å². The molecular weight excluding hydrogens is 355 g/mol. The standard InChI is InChI=1S/C19H16ClFN4O/c20-14-6-7-16(21)15(12-14)19(26)24-9-8-17-22-18(23-25(17)11-10-24)13-4-2-1-3-5-13/h1-7,12H,8-11H2. The smallest absolute Gasteiger partial charge is 0.256 e. The van der Waals surface area contributed by atoms with Crippen molar-refractivity contribution in [3.05, 3.63) is 70.8 Å². The highest BCUT2D eigenvalue weighted by Crippen LogP contribution is 2.20. The Morgan fingerprint density at radius 1 is 1.08 bits per heavy atom. The van der Waals surface area contributed by atoms with Gasteiger partial charge in [0.1, 0.15) is 11.6 Å². The molecule has 1 amide bonds. The van der Waals surface area contributed by atoms with Gasteiger partial charge in [0.05, 0.1) is 12.1 Å². The SMILES string of the molecule is O=C(c1cc(Cl)ccc1F)N1CCc2nc(-c3ccccc3)nn2CC1. The summed E-state index contributed by atoms with van der Waals surface area (Å²) in [5.74, 6) is 0.580. The van der Waals surface area contributed by atoms with Crippen molar-refractivity contribution in [2.75, 3.05) is 13.1 Å². The van der Waals surface area contributed by atoms with E-state index in [0.717, 1.165) is 11.4 Å². The van der Waals surface area contributed by atoms with Gasteiger partial charge in [0.2, 0.25) is 0 Å². The maximum atomic E-state index is 14.0. The van der Waals surface area contributed by atoms with E-state index < -0.39 is 5.82 Å². The number of hydrogen-bond donors (Lipinski definition) is 0. The van der Waals surface area contributed by atoms with Crippen molar-refractivity contribution in [2.24, 2.45) is 0 Å². The molecule has 0 saturated carbocycles. The van der Waals surface area contributed by atoms with Crippen LogP contribution in [0.5, 0.6) is 0 Å². The second-order valence-corrected chi connectivity index (χ2v) is 6.54. The van der Waals surface area contributed by atoms with Gasteiger partial charge in [-0.2, -0.15) is 5.10 Å². The van der Waals surface area contributed by atoms with Crippen LogP contribution in [0.25, 0.3) is 11.4 Å². The van der Waals surface area contributed by atoms with Crippen LogP contribution in [0, 0.1) is 5.82 Å². The van der Waals surface area contributed by atoms with Crippen LogP contribution in [0.15, 0.2) is 48.5 Å². The molecule has 0 fully saturated rings. The molecule has 4 rings (SSSR count). The monoisotopic (exact) mass is 370 g/mol. The van der Waals surface area contributed by atoms with Crippen LogP contribution in [0.1, 0.15) is 16.2 Å². The number of carbonyl (C=O) groups is 1. The van der Waals surface area contributed by atoms with Crippen LogP contribution in [0.3, 0.4) is 0 Å². The zero-order valence-electron chi connectivity index (χ0n) is 13.9. The number of nitrogens with zero attached hydrogens (tertiary/aromatic N) is 4. The zero-order chi connectivity index (χ0) is 18.1. The highest BCUT2D eigenvalue weighted by Gasteiger charge is 2.24. The highest BCUT2D eigenvalue weighted by atomic mass is 35.5. The molecule has 0 spiro atoms. The van der Waals surface area contributed by atoms with E-state index in [4.69, 9.17) is 11.6 Å². The fourth-order valence-corrected chi connectivity index (χ4v) is 3.22. The third kappa shape index (κ3) is 3.20. The largest absolute Gasteiger partial charge is 0.336 e. The van der Waals surface area contributed by atoms with Crippen LogP contribution >= 0.6 is 11.6 Å². The summed E-state index contributed by atoms with van der Waals surface area (Å²) < 4.78 is 15.8. The van der Waals surface area contributed by atoms with Gasteiger partial charge < -0.3 is 4.90 Å². The maximum Gasteiger partial charge on any atom is 0.256 e. The second-order valence-electron chi connectivity index (χ2n) is 6.11. The summed E-state index contributed by atoms with van der Waals surface area (Å²) in [6.07, 6.45) is 0.563. The first-order chi connectivity index (χ1) is 12.6. The predicted octanol–water partition coefficient (Wildman–Crippen LogP) is 3.44. The molecule has 0 bridgehead atoms. The first-order valence-electron chi connectivity index (χ1n) is 8.35. The Labute approximate surface area is 155 Å². The molecule has 1 aliphatic rings. The van der Waals surface area contributed by atoms with Crippen molar-refractivity contribution in [1.29, 1.82) is 0 Å². The van der Waals surface area contributed by atoms with Gasteiger partial charge >= 0.3 is 0 Å². The summed E-state index contributed by atoms with van der Waals surface area (Å²) in [5, 5.41) is 4.89. The van der Waals surface area contributed by atoms with Crippen molar-refractivity contribution in [2.45, 2.75) is 13.0 Å². The van der Waals surface area contributed by atoms with Gasteiger partial charge in [0, 0.05) is 30.1 Å². The van der Waals surface area contributed by atoms with E-state index in [2.05, 4.69) is 10.1 Å². The van der Waals surface area contributed by atoms with E-state index in [1.807, 2.05) is 35.0 Å². The van der Waals surface area contributed by atoms with Crippen molar-refractivity contribution < 1.29 is 9.18 Å². The lowest BCUT2D eigenvalue weighted by Gasteiger charge is -2.20. The molecule has 0 unspecified atom stereocenters. The summed E-state index contributed by atoms with van der Waals surface area (Å²) >= 11 is 5.90. The van der Waals surface area contributed by atoms with Gasteiger partial charge in [-0.15, -0.1) is 0 Å². The molecule has 3 aromatic rings. The summed E-state index contributed by atoms with van der Waals surface area (Å²) in [6, 6.07) is 13.8. The first-order valence-corrected chi connectivity index (χ1v) is 8.73. The van der Waals surface area contributed by atoms with E-state index >= 15 is 0 Å². The Kier molecular flexibility index (Phi) is 4.42. The second kappa shape index (κ2) is 6.88. The lowest BCUT2D eigenvalue weighted by Crippen LogP contribution is -2.34. The number of benzene rings is 2. The minimum Gasteiger partial charge on any atom is -0.336 e. The zero-order valence-corrected chi connectivity index (χ0v) is 14.7. The minimum absolute atomic E-state index is 0.00465. The average molecular weight is 371 g/mol. The molecule has 0 aliphatic carbocycles. The number of hydrogen-bond acceptors (Lipinski definition) is 3. The normalized spacial score (nSPS) is 14.0. The van der Waals surface area contributed by atoms with E-state index in [0.29, 0.717) is 36.9 Å². The molecule has 7 heteroatoms.